The summed E-state index contributed by atoms with van der Waals surface area (Å²) < 4.78 is 5.19. The van der Waals surface area contributed by atoms with Gasteiger partial charge < -0.3 is 9.64 Å². The molecule has 0 aromatic heterocycles. The van der Waals surface area contributed by atoms with Gasteiger partial charge in [-0.05, 0) is 80.6 Å². The number of benzene rings is 2. The first-order valence-corrected chi connectivity index (χ1v) is 11.5. The molecular weight excluding hydrogens is 430 g/mol. The van der Waals surface area contributed by atoms with Gasteiger partial charge in [0.25, 0.3) is 11.8 Å². The Morgan fingerprint density at radius 2 is 1.85 bits per heavy atom. The van der Waals surface area contributed by atoms with Gasteiger partial charge in [0.05, 0.1) is 30.9 Å². The maximum absolute atomic E-state index is 13.5. The predicted octanol–water partition coefficient (Wildman–Crippen LogP) is 4.23. The van der Waals surface area contributed by atoms with Gasteiger partial charge in [0.15, 0.2) is 0 Å². The number of allylic oxidation sites excluding steroid dienone is 1. The molecule has 7 nitrogen and oxygen atoms in total. The average Bonchev–Trinajstić information content (AvgIpc) is 3.18. The Hall–Kier alpha value is -3.92. The summed E-state index contributed by atoms with van der Waals surface area (Å²) in [6, 6.07) is 14.2. The Bertz CT molecular complexity index is 1150. The van der Waals surface area contributed by atoms with Gasteiger partial charge in [-0.25, -0.2) is 4.90 Å². The second-order valence-corrected chi connectivity index (χ2v) is 8.53. The molecule has 3 amide bonds. The van der Waals surface area contributed by atoms with Crippen molar-refractivity contribution in [2.45, 2.75) is 44.6 Å². The van der Waals surface area contributed by atoms with Crippen molar-refractivity contribution in [1.82, 2.24) is 4.90 Å². The molecule has 1 heterocycles. The van der Waals surface area contributed by atoms with Crippen LogP contribution in [0, 0.1) is 11.3 Å². The van der Waals surface area contributed by atoms with Gasteiger partial charge in [0.1, 0.15) is 11.8 Å². The molecule has 34 heavy (non-hydrogen) atoms. The number of nitriles is 1. The Morgan fingerprint density at radius 3 is 2.47 bits per heavy atom. The van der Waals surface area contributed by atoms with Gasteiger partial charge >= 0.3 is 0 Å². The summed E-state index contributed by atoms with van der Waals surface area (Å²) in [6.45, 7) is 0.363. The number of anilines is 1. The smallest absolute Gasteiger partial charge is 0.257 e. The Labute approximate surface area is 199 Å². The normalized spacial score (nSPS) is 17.8. The second kappa shape index (κ2) is 10.3. The molecule has 4 rings (SSSR count). The Morgan fingerprint density at radius 1 is 1.12 bits per heavy atom. The molecule has 7 heteroatoms. The fraction of sp³-hybridized carbons (Fsp3) is 0.333. The number of ether oxygens (including phenoxy) is 1. The third-order valence-electron chi connectivity index (χ3n) is 6.41. The van der Waals surface area contributed by atoms with E-state index in [9.17, 15) is 14.4 Å². The quantitative estimate of drug-likeness (QED) is 0.458. The molecule has 1 aliphatic carbocycles. The molecule has 0 spiro atoms. The summed E-state index contributed by atoms with van der Waals surface area (Å²) in [4.78, 5) is 42.5. The van der Waals surface area contributed by atoms with Crippen molar-refractivity contribution < 1.29 is 19.1 Å². The number of hydrogen-bond donors (Lipinski definition) is 0. The molecular formula is C27H27N3O4. The van der Waals surface area contributed by atoms with Crippen LogP contribution in [0.25, 0.3) is 0 Å². The minimum absolute atomic E-state index is 0.0697. The second-order valence-electron chi connectivity index (χ2n) is 8.53. The summed E-state index contributed by atoms with van der Waals surface area (Å²) in [5, 5.41) is 9.03. The molecule has 1 saturated heterocycles. The molecule has 1 atom stereocenters. The topological polar surface area (TPSA) is 90.7 Å². The zero-order valence-corrected chi connectivity index (χ0v) is 19.2. The first-order valence-electron chi connectivity index (χ1n) is 11.5. The number of methoxy groups -OCH3 is 1. The van der Waals surface area contributed by atoms with Crippen molar-refractivity contribution in [3.05, 3.63) is 71.3 Å². The molecule has 0 radical (unpaired) electrons. The van der Waals surface area contributed by atoms with Crippen LogP contribution < -0.4 is 9.64 Å². The largest absolute Gasteiger partial charge is 0.497 e. The zero-order chi connectivity index (χ0) is 24.1. The number of amides is 3. The lowest BCUT2D eigenvalue weighted by Crippen LogP contribution is -2.46. The first-order chi connectivity index (χ1) is 16.5. The first kappa shape index (κ1) is 23.2. The average molecular weight is 458 g/mol. The minimum atomic E-state index is -0.873. The van der Waals surface area contributed by atoms with E-state index in [1.807, 2.05) is 6.07 Å². The van der Waals surface area contributed by atoms with E-state index in [2.05, 4.69) is 6.08 Å². The maximum Gasteiger partial charge on any atom is 0.257 e. The van der Waals surface area contributed by atoms with Crippen LogP contribution >= 0.6 is 0 Å². The summed E-state index contributed by atoms with van der Waals surface area (Å²) >= 11 is 0. The predicted molar refractivity (Wildman–Crippen MR) is 127 cm³/mol. The lowest BCUT2D eigenvalue weighted by molar-refractivity contribution is -0.122. The molecule has 1 unspecified atom stereocenters. The summed E-state index contributed by atoms with van der Waals surface area (Å²) in [7, 11) is 1.56. The fourth-order valence-corrected chi connectivity index (χ4v) is 4.51. The number of carbonyl (C=O) groups is 3. The van der Waals surface area contributed by atoms with Gasteiger partial charge in [0, 0.05) is 12.1 Å². The molecule has 2 aliphatic rings. The summed E-state index contributed by atoms with van der Waals surface area (Å²) in [5.41, 5.74) is 2.58. The van der Waals surface area contributed by atoms with Crippen LogP contribution in [-0.2, 0) is 9.59 Å². The van der Waals surface area contributed by atoms with E-state index in [-0.39, 0.29) is 18.2 Å². The van der Waals surface area contributed by atoms with Crippen LogP contribution in [0.1, 0.15) is 54.4 Å². The highest BCUT2D eigenvalue weighted by atomic mass is 16.5. The summed E-state index contributed by atoms with van der Waals surface area (Å²) in [6.07, 6.45) is 7.17. The number of imide groups is 1. The van der Waals surface area contributed by atoms with Crippen molar-refractivity contribution in [1.29, 1.82) is 5.26 Å². The van der Waals surface area contributed by atoms with Crippen molar-refractivity contribution in [2.24, 2.45) is 0 Å². The molecule has 1 aliphatic heterocycles. The number of hydrogen-bond acceptors (Lipinski definition) is 5. The van der Waals surface area contributed by atoms with Crippen LogP contribution in [0.5, 0.6) is 5.75 Å². The molecule has 0 N–H and O–H groups in total. The van der Waals surface area contributed by atoms with Crippen LogP contribution in [0.4, 0.5) is 5.69 Å². The Balaban J connectivity index is 1.60. The third kappa shape index (κ3) is 4.86. The van der Waals surface area contributed by atoms with Crippen LogP contribution in [-0.4, -0.2) is 42.3 Å². The van der Waals surface area contributed by atoms with Crippen molar-refractivity contribution in [3.63, 3.8) is 0 Å². The van der Waals surface area contributed by atoms with Gasteiger partial charge in [-0.3, -0.25) is 14.4 Å². The molecule has 174 valence electrons. The van der Waals surface area contributed by atoms with Crippen molar-refractivity contribution in [3.8, 4) is 11.8 Å². The standard InChI is InChI=1S/C27H27N3O4/c1-34-23-13-9-21(10-14-23)26(32)29(16-15-19-5-3-2-4-6-19)24-17-25(31)30(27(24)33)22-11-7-20(18-28)8-12-22/h5,7-14,24H,2-4,6,15-17H2,1H3. The molecule has 2 aromatic rings. The van der Waals surface area contributed by atoms with Crippen LogP contribution in [0.15, 0.2) is 60.2 Å². The van der Waals surface area contributed by atoms with E-state index in [0.29, 0.717) is 35.5 Å². The third-order valence-corrected chi connectivity index (χ3v) is 6.41. The van der Waals surface area contributed by atoms with Gasteiger partial charge in [0.2, 0.25) is 5.91 Å². The SMILES string of the molecule is COc1ccc(C(=O)N(CCC2=CCCCC2)C2CC(=O)N(c3ccc(C#N)cc3)C2=O)cc1. The fourth-order valence-electron chi connectivity index (χ4n) is 4.51. The van der Waals surface area contributed by atoms with Gasteiger partial charge in [-0.15, -0.1) is 0 Å². The van der Waals surface area contributed by atoms with Crippen LogP contribution in [0.2, 0.25) is 0 Å². The molecule has 0 bridgehead atoms. The summed E-state index contributed by atoms with van der Waals surface area (Å²) in [5.74, 6) is -0.431. The van der Waals surface area contributed by atoms with Gasteiger partial charge in [-0.2, -0.15) is 5.26 Å². The van der Waals surface area contributed by atoms with Crippen LogP contribution in [0.3, 0.4) is 0 Å². The number of carbonyl (C=O) groups excluding carboxylic acids is 3. The van der Waals surface area contributed by atoms with E-state index in [1.54, 1.807) is 60.5 Å². The van der Waals surface area contributed by atoms with Crippen molar-refractivity contribution in [2.75, 3.05) is 18.6 Å². The molecule has 2 aromatic carbocycles. The molecule has 1 fully saturated rings. The zero-order valence-electron chi connectivity index (χ0n) is 19.2. The lowest BCUT2D eigenvalue weighted by Gasteiger charge is -2.28. The number of rotatable bonds is 7. The molecule has 0 saturated carbocycles. The van der Waals surface area contributed by atoms with E-state index in [1.165, 1.54) is 12.0 Å². The van der Waals surface area contributed by atoms with E-state index < -0.39 is 11.9 Å². The van der Waals surface area contributed by atoms with E-state index >= 15 is 0 Å². The highest BCUT2D eigenvalue weighted by Gasteiger charge is 2.44. The van der Waals surface area contributed by atoms with Gasteiger partial charge in [-0.1, -0.05) is 11.6 Å². The monoisotopic (exact) mass is 457 g/mol. The number of nitrogens with zero attached hydrogens (tertiary/aromatic N) is 3. The highest BCUT2D eigenvalue weighted by Crippen LogP contribution is 2.29. The highest BCUT2D eigenvalue weighted by molar-refractivity contribution is 6.23. The maximum atomic E-state index is 13.5. The lowest BCUT2D eigenvalue weighted by atomic mass is 9.96. The minimum Gasteiger partial charge on any atom is -0.497 e. The van der Waals surface area contributed by atoms with E-state index in [0.717, 1.165) is 24.2 Å². The van der Waals surface area contributed by atoms with Crippen molar-refractivity contribution >= 4 is 23.4 Å². The van der Waals surface area contributed by atoms with E-state index in [4.69, 9.17) is 10.00 Å². The Kier molecular flexibility index (Phi) is 7.07.